The van der Waals surface area contributed by atoms with Crippen LogP contribution in [0.4, 0.5) is 11.6 Å². The molecule has 1 aliphatic rings. The molecule has 35 heavy (non-hydrogen) atoms. The molecule has 1 fully saturated rings. The zero-order valence-electron chi connectivity index (χ0n) is 20.1. The van der Waals surface area contributed by atoms with E-state index in [1.165, 1.54) is 5.56 Å². The van der Waals surface area contributed by atoms with Gasteiger partial charge < -0.3 is 9.88 Å². The van der Waals surface area contributed by atoms with E-state index in [-0.39, 0.29) is 5.56 Å². The highest BCUT2D eigenvalue weighted by Crippen LogP contribution is 2.23. The number of nitrogens with zero attached hydrogens (tertiary/aromatic N) is 5. The largest absolute Gasteiger partial charge is 0.325 e. The summed E-state index contributed by atoms with van der Waals surface area (Å²) >= 11 is 1.82. The maximum absolute atomic E-state index is 13.2. The number of fused-ring (bicyclic) bond motifs is 1. The summed E-state index contributed by atoms with van der Waals surface area (Å²) in [5.41, 5.74) is 3.67. The zero-order chi connectivity index (χ0) is 24.2. The summed E-state index contributed by atoms with van der Waals surface area (Å²) in [6, 6.07) is 17.7. The Hall–Kier alpha value is -3.20. The van der Waals surface area contributed by atoms with Crippen molar-refractivity contribution in [3.8, 4) is 11.1 Å². The standard InChI is InChI=1S/C27H30N6OS/c1-3-33-24-16-26(29-18-22(24)15-23(27(33)34)21-7-5-4-6-8-21)30-25-10-9-20(17-28-25)19-31-11-13-32(35-2)14-12-31/h4-10,15-18H,3,11-14,19H2,1-2H3,(H,28,29,30). The summed E-state index contributed by atoms with van der Waals surface area (Å²) < 4.78 is 4.21. The van der Waals surface area contributed by atoms with Gasteiger partial charge in [-0.25, -0.2) is 14.3 Å². The quantitative estimate of drug-likeness (QED) is 0.383. The van der Waals surface area contributed by atoms with Crippen molar-refractivity contribution in [3.05, 3.63) is 82.9 Å². The maximum Gasteiger partial charge on any atom is 0.258 e. The van der Waals surface area contributed by atoms with Crippen molar-refractivity contribution in [1.82, 2.24) is 23.7 Å². The fourth-order valence-corrected chi connectivity index (χ4v) is 5.06. The molecule has 0 radical (unpaired) electrons. The first-order valence-corrected chi connectivity index (χ1v) is 13.1. The average Bonchev–Trinajstić information content (AvgIpc) is 2.90. The molecule has 5 rings (SSSR count). The van der Waals surface area contributed by atoms with Gasteiger partial charge in [-0.3, -0.25) is 9.69 Å². The van der Waals surface area contributed by atoms with Crippen LogP contribution >= 0.6 is 11.9 Å². The van der Waals surface area contributed by atoms with Crippen LogP contribution in [0.25, 0.3) is 22.0 Å². The van der Waals surface area contributed by atoms with Crippen molar-refractivity contribution in [2.45, 2.75) is 20.0 Å². The summed E-state index contributed by atoms with van der Waals surface area (Å²) in [6.07, 6.45) is 5.88. The van der Waals surface area contributed by atoms with Crippen LogP contribution < -0.4 is 10.9 Å². The van der Waals surface area contributed by atoms with Crippen molar-refractivity contribution < 1.29 is 0 Å². The lowest BCUT2D eigenvalue weighted by atomic mass is 10.1. The van der Waals surface area contributed by atoms with E-state index >= 15 is 0 Å². The first-order chi connectivity index (χ1) is 17.1. The molecule has 7 nitrogen and oxygen atoms in total. The number of nitrogens with one attached hydrogen (secondary N) is 1. The van der Waals surface area contributed by atoms with Crippen LogP contribution in [0.5, 0.6) is 0 Å². The lowest BCUT2D eigenvalue weighted by molar-refractivity contribution is 0.189. The number of rotatable bonds is 7. The molecule has 0 unspecified atom stereocenters. The second kappa shape index (κ2) is 10.6. The van der Waals surface area contributed by atoms with Gasteiger partial charge in [-0.15, -0.1) is 0 Å². The molecule has 180 valence electrons. The summed E-state index contributed by atoms with van der Waals surface area (Å²) in [5, 5.41) is 4.23. The molecule has 0 amide bonds. The van der Waals surface area contributed by atoms with Gasteiger partial charge in [0, 0.05) is 68.7 Å². The number of aryl methyl sites for hydroxylation is 1. The number of piperazine rings is 1. The van der Waals surface area contributed by atoms with E-state index in [0.717, 1.165) is 55.0 Å². The molecule has 1 N–H and O–H groups in total. The van der Waals surface area contributed by atoms with E-state index in [4.69, 9.17) is 0 Å². The summed E-state index contributed by atoms with van der Waals surface area (Å²) in [7, 11) is 0. The fraction of sp³-hybridized carbons (Fsp3) is 0.296. The van der Waals surface area contributed by atoms with E-state index in [9.17, 15) is 4.79 Å². The molecule has 0 saturated carbocycles. The van der Waals surface area contributed by atoms with Gasteiger partial charge in [0.05, 0.1) is 5.52 Å². The van der Waals surface area contributed by atoms with Gasteiger partial charge >= 0.3 is 0 Å². The van der Waals surface area contributed by atoms with Crippen LogP contribution in [0.2, 0.25) is 0 Å². The van der Waals surface area contributed by atoms with Crippen molar-refractivity contribution in [3.63, 3.8) is 0 Å². The van der Waals surface area contributed by atoms with Crippen LogP contribution in [0.3, 0.4) is 0 Å². The van der Waals surface area contributed by atoms with Gasteiger partial charge in [-0.1, -0.05) is 48.3 Å². The van der Waals surface area contributed by atoms with E-state index < -0.39 is 0 Å². The fourth-order valence-electron chi connectivity index (χ4n) is 4.53. The van der Waals surface area contributed by atoms with Gasteiger partial charge in [-0.2, -0.15) is 0 Å². The van der Waals surface area contributed by atoms with Crippen LogP contribution in [0.15, 0.2) is 71.8 Å². The molecule has 0 spiro atoms. The van der Waals surface area contributed by atoms with Gasteiger partial charge in [0.1, 0.15) is 11.6 Å². The third-order valence-corrected chi connectivity index (χ3v) is 7.34. The van der Waals surface area contributed by atoms with E-state index in [1.807, 2.05) is 79.8 Å². The summed E-state index contributed by atoms with van der Waals surface area (Å²) in [6.45, 7) is 7.83. The Bertz CT molecular complexity index is 1350. The Labute approximate surface area is 209 Å². The molecule has 3 aromatic heterocycles. The lowest BCUT2D eigenvalue weighted by Gasteiger charge is -2.33. The van der Waals surface area contributed by atoms with Gasteiger partial charge in [0.15, 0.2) is 0 Å². The molecule has 0 atom stereocenters. The van der Waals surface area contributed by atoms with Crippen molar-refractivity contribution in [2.75, 3.05) is 37.8 Å². The third-order valence-electron chi connectivity index (χ3n) is 6.46. The third kappa shape index (κ3) is 5.24. The molecule has 4 aromatic rings. The number of hydrogen-bond donors (Lipinski definition) is 1. The molecular weight excluding hydrogens is 456 g/mol. The van der Waals surface area contributed by atoms with Gasteiger partial charge in [0.25, 0.3) is 5.56 Å². The SMILES string of the molecule is CCn1c(=O)c(-c2ccccc2)cc2cnc(Nc3ccc(CN4CCN(SC)CC4)cn3)cc21. The second-order valence-corrected chi connectivity index (χ2v) is 9.55. The molecule has 8 heteroatoms. The predicted molar refractivity (Wildman–Crippen MR) is 145 cm³/mol. The summed E-state index contributed by atoms with van der Waals surface area (Å²) in [5.74, 6) is 1.40. The molecular formula is C27H30N6OS. The van der Waals surface area contributed by atoms with Gasteiger partial charge in [0.2, 0.25) is 0 Å². The van der Waals surface area contributed by atoms with Crippen molar-refractivity contribution in [1.29, 1.82) is 0 Å². The highest BCUT2D eigenvalue weighted by Gasteiger charge is 2.16. The molecule has 0 bridgehead atoms. The second-order valence-electron chi connectivity index (χ2n) is 8.67. The maximum atomic E-state index is 13.2. The lowest BCUT2D eigenvalue weighted by Crippen LogP contribution is -2.42. The van der Waals surface area contributed by atoms with E-state index in [0.29, 0.717) is 17.9 Å². The first kappa shape index (κ1) is 23.5. The monoisotopic (exact) mass is 486 g/mol. The van der Waals surface area contributed by atoms with Crippen LogP contribution in [0, 0.1) is 0 Å². The number of anilines is 2. The minimum Gasteiger partial charge on any atom is -0.325 e. The minimum absolute atomic E-state index is 0.00388. The topological polar surface area (TPSA) is 66.3 Å². The average molecular weight is 487 g/mol. The number of aromatic nitrogens is 3. The van der Waals surface area contributed by atoms with Gasteiger partial charge in [-0.05, 0) is 36.4 Å². The molecule has 4 heterocycles. The molecule has 1 aliphatic heterocycles. The minimum atomic E-state index is 0.00388. The van der Waals surface area contributed by atoms with Crippen molar-refractivity contribution in [2.24, 2.45) is 0 Å². The highest BCUT2D eigenvalue weighted by molar-refractivity contribution is 7.96. The smallest absolute Gasteiger partial charge is 0.258 e. The molecule has 0 aliphatic carbocycles. The Morgan fingerprint density at radius 2 is 1.71 bits per heavy atom. The van der Waals surface area contributed by atoms with Crippen LogP contribution in [-0.4, -0.2) is 56.2 Å². The Kier molecular flexibility index (Phi) is 7.13. The van der Waals surface area contributed by atoms with Crippen LogP contribution in [0.1, 0.15) is 12.5 Å². The Balaban J connectivity index is 1.34. The summed E-state index contributed by atoms with van der Waals surface area (Å²) in [4.78, 5) is 24.9. The predicted octanol–water partition coefficient (Wildman–Crippen LogP) is 4.62. The number of pyridine rings is 3. The highest BCUT2D eigenvalue weighted by atomic mass is 32.2. The Morgan fingerprint density at radius 1 is 0.943 bits per heavy atom. The zero-order valence-corrected chi connectivity index (χ0v) is 21.0. The number of hydrogen-bond acceptors (Lipinski definition) is 7. The molecule has 1 saturated heterocycles. The number of benzene rings is 1. The van der Waals surface area contributed by atoms with Crippen molar-refractivity contribution >= 4 is 34.5 Å². The molecule has 1 aromatic carbocycles. The van der Waals surface area contributed by atoms with Crippen LogP contribution in [-0.2, 0) is 13.1 Å². The van der Waals surface area contributed by atoms with E-state index in [1.54, 1.807) is 4.57 Å². The normalized spacial score (nSPS) is 14.9. The Morgan fingerprint density at radius 3 is 2.40 bits per heavy atom. The van der Waals surface area contributed by atoms with E-state index in [2.05, 4.69) is 36.8 Å². The first-order valence-electron chi connectivity index (χ1n) is 12.0.